The van der Waals surface area contributed by atoms with Crippen LogP contribution in [0.25, 0.3) is 0 Å². The van der Waals surface area contributed by atoms with Crippen molar-refractivity contribution in [3.63, 3.8) is 0 Å². The summed E-state index contributed by atoms with van der Waals surface area (Å²) in [6.45, 7) is 10.3. The van der Waals surface area contributed by atoms with Gasteiger partial charge in [0.15, 0.2) is 0 Å². The zero-order chi connectivity index (χ0) is 11.1. The smallest absolute Gasteiger partial charge is 0.0226 e. The molecule has 0 aromatic carbocycles. The molecule has 0 aromatic heterocycles. The van der Waals surface area contributed by atoms with Gasteiger partial charge < -0.3 is 10.6 Å². The number of nitrogens with zero attached hydrogens (tertiary/aromatic N) is 1. The van der Waals surface area contributed by atoms with Crippen LogP contribution in [-0.2, 0) is 0 Å². The molecular formula is C13H26N2. The highest BCUT2D eigenvalue weighted by Crippen LogP contribution is 2.50. The number of rotatable bonds is 2. The third kappa shape index (κ3) is 2.36. The number of nitrogens with two attached hydrogens (primary N) is 1. The van der Waals surface area contributed by atoms with Gasteiger partial charge in [0.1, 0.15) is 0 Å². The van der Waals surface area contributed by atoms with Gasteiger partial charge in [-0.1, -0.05) is 13.3 Å². The highest BCUT2D eigenvalue weighted by atomic mass is 15.2. The molecule has 2 heteroatoms. The van der Waals surface area contributed by atoms with Crippen LogP contribution in [0.1, 0.15) is 46.5 Å². The van der Waals surface area contributed by atoms with Crippen molar-refractivity contribution in [2.75, 3.05) is 19.6 Å². The fourth-order valence-electron chi connectivity index (χ4n) is 3.36. The van der Waals surface area contributed by atoms with Crippen molar-refractivity contribution in [3.05, 3.63) is 0 Å². The summed E-state index contributed by atoms with van der Waals surface area (Å²) in [4.78, 5) is 2.60. The minimum absolute atomic E-state index is 0.0362. The molecular weight excluding hydrogens is 184 g/mol. The van der Waals surface area contributed by atoms with Crippen LogP contribution in [0.3, 0.4) is 0 Å². The Hall–Kier alpha value is -0.0800. The van der Waals surface area contributed by atoms with Crippen LogP contribution in [0.5, 0.6) is 0 Å². The summed E-state index contributed by atoms with van der Waals surface area (Å²) in [5.74, 6) is 0.934. The topological polar surface area (TPSA) is 29.3 Å². The van der Waals surface area contributed by atoms with E-state index in [1.54, 1.807) is 0 Å². The maximum absolute atomic E-state index is 6.11. The van der Waals surface area contributed by atoms with Crippen molar-refractivity contribution in [1.29, 1.82) is 0 Å². The SMILES string of the molecule is CC1CCN(CC(C)(C)N)CC12CCC2. The molecule has 0 aromatic rings. The first-order chi connectivity index (χ1) is 6.91. The van der Waals surface area contributed by atoms with Gasteiger partial charge in [0, 0.05) is 18.6 Å². The minimum Gasteiger partial charge on any atom is -0.324 e. The fourth-order valence-corrected chi connectivity index (χ4v) is 3.36. The molecule has 2 rings (SSSR count). The third-order valence-corrected chi connectivity index (χ3v) is 4.44. The van der Waals surface area contributed by atoms with Crippen molar-refractivity contribution in [2.24, 2.45) is 17.1 Å². The second kappa shape index (κ2) is 3.74. The van der Waals surface area contributed by atoms with Crippen LogP contribution in [0.2, 0.25) is 0 Å². The highest BCUT2D eigenvalue weighted by molar-refractivity contribution is 4.98. The van der Waals surface area contributed by atoms with Gasteiger partial charge in [-0.15, -0.1) is 0 Å². The molecule has 1 aliphatic heterocycles. The first-order valence-electron chi connectivity index (χ1n) is 6.43. The normalized spacial score (nSPS) is 31.6. The Morgan fingerprint density at radius 1 is 1.40 bits per heavy atom. The third-order valence-electron chi connectivity index (χ3n) is 4.44. The molecule has 1 atom stereocenters. The van der Waals surface area contributed by atoms with Gasteiger partial charge in [0.05, 0.1) is 0 Å². The van der Waals surface area contributed by atoms with E-state index in [-0.39, 0.29) is 5.54 Å². The predicted octanol–water partition coefficient (Wildman–Crippen LogP) is 2.24. The quantitative estimate of drug-likeness (QED) is 0.757. The second-order valence-corrected chi connectivity index (χ2v) is 6.60. The molecule has 0 radical (unpaired) electrons. The molecule has 2 aliphatic rings. The minimum atomic E-state index is -0.0362. The van der Waals surface area contributed by atoms with Gasteiger partial charge >= 0.3 is 0 Å². The number of piperidine rings is 1. The van der Waals surface area contributed by atoms with E-state index in [1.807, 2.05) is 0 Å². The number of hydrogen-bond acceptors (Lipinski definition) is 2. The van der Waals surface area contributed by atoms with Gasteiger partial charge in [-0.2, -0.15) is 0 Å². The Morgan fingerprint density at radius 3 is 2.53 bits per heavy atom. The lowest BCUT2D eigenvalue weighted by atomic mass is 9.59. The molecule has 1 heterocycles. The molecule has 0 bridgehead atoms. The van der Waals surface area contributed by atoms with Crippen molar-refractivity contribution in [1.82, 2.24) is 4.90 Å². The average molecular weight is 210 g/mol. The zero-order valence-electron chi connectivity index (χ0n) is 10.6. The summed E-state index contributed by atoms with van der Waals surface area (Å²) in [6, 6.07) is 0. The largest absolute Gasteiger partial charge is 0.324 e. The van der Waals surface area contributed by atoms with Crippen LogP contribution < -0.4 is 5.73 Å². The van der Waals surface area contributed by atoms with Crippen molar-refractivity contribution in [3.8, 4) is 0 Å². The highest BCUT2D eigenvalue weighted by Gasteiger charge is 2.45. The van der Waals surface area contributed by atoms with Crippen LogP contribution in [0.4, 0.5) is 0 Å². The molecule has 2 fully saturated rings. The Bertz CT molecular complexity index is 225. The lowest BCUT2D eigenvalue weighted by Gasteiger charge is -2.54. The van der Waals surface area contributed by atoms with E-state index >= 15 is 0 Å². The molecule has 1 spiro atoms. The molecule has 2 N–H and O–H groups in total. The average Bonchev–Trinajstić information content (AvgIpc) is 2.03. The monoisotopic (exact) mass is 210 g/mol. The van der Waals surface area contributed by atoms with Crippen LogP contribution in [0.15, 0.2) is 0 Å². The van der Waals surface area contributed by atoms with E-state index in [1.165, 1.54) is 38.8 Å². The van der Waals surface area contributed by atoms with E-state index in [4.69, 9.17) is 5.73 Å². The Kier molecular flexibility index (Phi) is 2.85. The van der Waals surface area contributed by atoms with Crippen LogP contribution >= 0.6 is 0 Å². The first-order valence-corrected chi connectivity index (χ1v) is 6.43. The van der Waals surface area contributed by atoms with Gasteiger partial charge in [-0.25, -0.2) is 0 Å². The Labute approximate surface area is 94.2 Å². The maximum Gasteiger partial charge on any atom is 0.0226 e. The molecule has 1 saturated carbocycles. The summed E-state index contributed by atoms with van der Waals surface area (Å²) in [6.07, 6.45) is 5.73. The number of likely N-dealkylation sites (tertiary alicyclic amines) is 1. The Morgan fingerprint density at radius 2 is 2.07 bits per heavy atom. The molecule has 1 unspecified atom stereocenters. The van der Waals surface area contributed by atoms with Gasteiger partial charge in [-0.05, 0) is 51.0 Å². The van der Waals surface area contributed by atoms with Gasteiger partial charge in [0.2, 0.25) is 0 Å². The van der Waals surface area contributed by atoms with E-state index in [0.29, 0.717) is 5.41 Å². The lowest BCUT2D eigenvalue weighted by molar-refractivity contribution is -0.0331. The molecule has 0 amide bonds. The second-order valence-electron chi connectivity index (χ2n) is 6.60. The van der Waals surface area contributed by atoms with E-state index in [0.717, 1.165) is 12.5 Å². The Balaban J connectivity index is 1.94. The summed E-state index contributed by atoms with van der Waals surface area (Å²) >= 11 is 0. The zero-order valence-corrected chi connectivity index (χ0v) is 10.6. The lowest BCUT2D eigenvalue weighted by Crippen LogP contribution is -2.55. The summed E-state index contributed by atoms with van der Waals surface area (Å²) < 4.78 is 0. The van der Waals surface area contributed by atoms with Gasteiger partial charge in [0.25, 0.3) is 0 Å². The molecule has 88 valence electrons. The van der Waals surface area contributed by atoms with Crippen LogP contribution in [-0.4, -0.2) is 30.1 Å². The van der Waals surface area contributed by atoms with Crippen LogP contribution in [0, 0.1) is 11.3 Å². The summed E-state index contributed by atoms with van der Waals surface area (Å²) in [5, 5.41) is 0. The van der Waals surface area contributed by atoms with Crippen molar-refractivity contribution >= 4 is 0 Å². The molecule has 1 saturated heterocycles. The van der Waals surface area contributed by atoms with E-state index in [2.05, 4.69) is 25.7 Å². The fraction of sp³-hybridized carbons (Fsp3) is 1.00. The van der Waals surface area contributed by atoms with Crippen molar-refractivity contribution < 1.29 is 0 Å². The van der Waals surface area contributed by atoms with E-state index in [9.17, 15) is 0 Å². The molecule has 1 aliphatic carbocycles. The van der Waals surface area contributed by atoms with E-state index < -0.39 is 0 Å². The summed E-state index contributed by atoms with van der Waals surface area (Å²) in [7, 11) is 0. The molecule has 2 nitrogen and oxygen atoms in total. The molecule has 15 heavy (non-hydrogen) atoms. The first kappa shape index (κ1) is 11.4. The predicted molar refractivity (Wildman–Crippen MR) is 64.8 cm³/mol. The maximum atomic E-state index is 6.11. The standard InChI is InChI=1S/C13H26N2/c1-11-5-8-15(9-12(2,3)14)10-13(11)6-4-7-13/h11H,4-10,14H2,1-3H3. The van der Waals surface area contributed by atoms with Crippen molar-refractivity contribution in [2.45, 2.75) is 52.0 Å². The van der Waals surface area contributed by atoms with Gasteiger partial charge in [-0.3, -0.25) is 0 Å². The number of hydrogen-bond donors (Lipinski definition) is 1. The summed E-state index contributed by atoms with van der Waals surface area (Å²) in [5.41, 5.74) is 6.74.